The molecule has 0 unspecified atom stereocenters. The highest BCUT2D eigenvalue weighted by Crippen LogP contribution is 2.28. The molecule has 134 valence electrons. The highest BCUT2D eigenvalue weighted by molar-refractivity contribution is 5.78. The number of rotatable bonds is 13. The van der Waals surface area contributed by atoms with Gasteiger partial charge < -0.3 is 9.47 Å². The van der Waals surface area contributed by atoms with Crippen molar-refractivity contribution in [2.45, 2.75) is 71.1 Å². The number of carbonyl (C=O) groups excluding carboxylic acids is 2. The van der Waals surface area contributed by atoms with Gasteiger partial charge in [-0.25, -0.2) is 0 Å². The van der Waals surface area contributed by atoms with Crippen LogP contribution in [0.5, 0.6) is 11.5 Å². The molecule has 0 amide bonds. The molecule has 4 heteroatoms. The summed E-state index contributed by atoms with van der Waals surface area (Å²) in [6, 6.07) is 4.77. The minimum absolute atomic E-state index is 0.255. The van der Waals surface area contributed by atoms with E-state index >= 15 is 0 Å². The molecule has 0 atom stereocenters. The van der Waals surface area contributed by atoms with Gasteiger partial charge in [0.15, 0.2) is 11.5 Å². The van der Waals surface area contributed by atoms with E-state index in [1.54, 1.807) is 18.2 Å². The predicted molar refractivity (Wildman–Crippen MR) is 95.9 cm³/mol. The van der Waals surface area contributed by atoms with E-state index in [4.69, 9.17) is 9.47 Å². The molecule has 1 aromatic carbocycles. The van der Waals surface area contributed by atoms with Crippen molar-refractivity contribution in [3.8, 4) is 11.5 Å². The van der Waals surface area contributed by atoms with Gasteiger partial charge in [0.05, 0.1) is 7.11 Å². The number of hydrogen-bond donors (Lipinski definition) is 0. The molecule has 0 N–H and O–H groups in total. The lowest BCUT2D eigenvalue weighted by molar-refractivity contribution is -0.134. The number of benzene rings is 1. The molecule has 1 rings (SSSR count). The van der Waals surface area contributed by atoms with Crippen LogP contribution in [0.15, 0.2) is 18.2 Å². The molecule has 0 spiro atoms. The Hall–Kier alpha value is -1.84. The number of carbonyl (C=O) groups is 2. The van der Waals surface area contributed by atoms with E-state index in [1.807, 2.05) is 0 Å². The van der Waals surface area contributed by atoms with Gasteiger partial charge in [0.1, 0.15) is 6.29 Å². The van der Waals surface area contributed by atoms with Crippen molar-refractivity contribution in [2.75, 3.05) is 7.11 Å². The Morgan fingerprint density at radius 1 is 0.958 bits per heavy atom. The topological polar surface area (TPSA) is 52.6 Å². The Morgan fingerprint density at radius 2 is 1.58 bits per heavy atom. The summed E-state index contributed by atoms with van der Waals surface area (Å²) in [4.78, 5) is 22.6. The van der Waals surface area contributed by atoms with Gasteiger partial charge in [-0.3, -0.25) is 9.59 Å². The van der Waals surface area contributed by atoms with Crippen LogP contribution >= 0.6 is 0 Å². The fourth-order valence-electron chi connectivity index (χ4n) is 2.60. The zero-order chi connectivity index (χ0) is 17.6. The summed E-state index contributed by atoms with van der Waals surface area (Å²) in [6.07, 6.45) is 12.1. The van der Waals surface area contributed by atoms with E-state index in [0.29, 0.717) is 23.5 Å². The Balaban J connectivity index is 2.19. The number of unbranched alkanes of at least 4 members (excludes halogenated alkanes) is 8. The van der Waals surface area contributed by atoms with E-state index in [2.05, 4.69) is 6.92 Å². The molecule has 0 fully saturated rings. The van der Waals surface area contributed by atoms with Crippen molar-refractivity contribution in [1.82, 2.24) is 0 Å². The van der Waals surface area contributed by atoms with Crippen molar-refractivity contribution in [3.63, 3.8) is 0 Å². The van der Waals surface area contributed by atoms with Crippen LogP contribution in [-0.4, -0.2) is 19.4 Å². The van der Waals surface area contributed by atoms with Crippen molar-refractivity contribution in [3.05, 3.63) is 23.8 Å². The fraction of sp³-hybridized carbons (Fsp3) is 0.600. The van der Waals surface area contributed by atoms with Crippen LogP contribution in [0.25, 0.3) is 0 Å². The summed E-state index contributed by atoms with van der Waals surface area (Å²) < 4.78 is 10.5. The van der Waals surface area contributed by atoms with Crippen molar-refractivity contribution < 1.29 is 19.1 Å². The molecule has 0 saturated heterocycles. The highest BCUT2D eigenvalue weighted by Gasteiger charge is 2.10. The third-order valence-corrected chi connectivity index (χ3v) is 4.03. The summed E-state index contributed by atoms with van der Waals surface area (Å²) in [7, 11) is 1.49. The van der Waals surface area contributed by atoms with Crippen molar-refractivity contribution in [1.29, 1.82) is 0 Å². The van der Waals surface area contributed by atoms with E-state index in [9.17, 15) is 9.59 Å². The lowest BCUT2D eigenvalue weighted by Crippen LogP contribution is -2.08. The van der Waals surface area contributed by atoms with Gasteiger partial charge in [0.25, 0.3) is 0 Å². The molecule has 0 aliphatic carbocycles. The maximum Gasteiger partial charge on any atom is 0.311 e. The van der Waals surface area contributed by atoms with Gasteiger partial charge in [-0.05, 0) is 24.6 Å². The minimum atomic E-state index is -0.255. The van der Waals surface area contributed by atoms with Crippen LogP contribution in [0.4, 0.5) is 0 Å². The zero-order valence-electron chi connectivity index (χ0n) is 15.0. The van der Waals surface area contributed by atoms with Crippen LogP contribution < -0.4 is 9.47 Å². The molecule has 0 aromatic heterocycles. The van der Waals surface area contributed by atoms with Gasteiger partial charge in [0.2, 0.25) is 0 Å². The standard InChI is InChI=1S/C20H30O4/c1-3-4-5-6-7-8-9-10-11-12-20(22)24-18-14-13-17(16-21)15-19(18)23-2/h13-16H,3-12H2,1-2H3. The molecule has 4 nitrogen and oxygen atoms in total. The molecule has 24 heavy (non-hydrogen) atoms. The first kappa shape index (κ1) is 20.2. The maximum atomic E-state index is 11.9. The van der Waals surface area contributed by atoms with Gasteiger partial charge >= 0.3 is 5.97 Å². The van der Waals surface area contributed by atoms with E-state index in [1.165, 1.54) is 52.1 Å². The number of aldehydes is 1. The van der Waals surface area contributed by atoms with Crippen LogP contribution in [-0.2, 0) is 4.79 Å². The van der Waals surface area contributed by atoms with Crippen molar-refractivity contribution >= 4 is 12.3 Å². The van der Waals surface area contributed by atoms with Crippen LogP contribution in [0.1, 0.15) is 81.5 Å². The first-order valence-corrected chi connectivity index (χ1v) is 9.05. The molecular weight excluding hydrogens is 304 g/mol. The third kappa shape index (κ3) is 8.14. The number of methoxy groups -OCH3 is 1. The summed E-state index contributed by atoms with van der Waals surface area (Å²) >= 11 is 0. The number of esters is 1. The molecule has 0 aliphatic rings. The molecule has 0 heterocycles. The summed E-state index contributed by atoms with van der Waals surface area (Å²) in [6.45, 7) is 2.23. The average Bonchev–Trinajstić information content (AvgIpc) is 2.60. The molecule has 0 radical (unpaired) electrons. The second kappa shape index (κ2) is 12.6. The number of hydrogen-bond acceptors (Lipinski definition) is 4. The van der Waals surface area contributed by atoms with E-state index in [-0.39, 0.29) is 5.97 Å². The maximum absolute atomic E-state index is 11.9. The van der Waals surface area contributed by atoms with Crippen LogP contribution in [0.2, 0.25) is 0 Å². The lowest BCUT2D eigenvalue weighted by Gasteiger charge is -2.09. The normalized spacial score (nSPS) is 10.4. The molecule has 1 aromatic rings. The Kier molecular flexibility index (Phi) is 10.6. The average molecular weight is 334 g/mol. The van der Waals surface area contributed by atoms with E-state index in [0.717, 1.165) is 19.1 Å². The summed E-state index contributed by atoms with van der Waals surface area (Å²) in [5.74, 6) is 0.513. The molecule has 0 bridgehead atoms. The first-order chi connectivity index (χ1) is 11.7. The molecule has 0 aliphatic heterocycles. The highest BCUT2D eigenvalue weighted by atomic mass is 16.6. The third-order valence-electron chi connectivity index (χ3n) is 4.03. The Labute approximate surface area is 145 Å². The Morgan fingerprint density at radius 3 is 2.17 bits per heavy atom. The second-order valence-corrected chi connectivity index (χ2v) is 6.08. The first-order valence-electron chi connectivity index (χ1n) is 9.05. The molecular formula is C20H30O4. The fourth-order valence-corrected chi connectivity index (χ4v) is 2.60. The summed E-state index contributed by atoms with van der Waals surface area (Å²) in [5.41, 5.74) is 0.491. The smallest absolute Gasteiger partial charge is 0.311 e. The zero-order valence-corrected chi connectivity index (χ0v) is 15.0. The van der Waals surface area contributed by atoms with Gasteiger partial charge in [-0.1, -0.05) is 58.3 Å². The lowest BCUT2D eigenvalue weighted by atomic mass is 10.1. The van der Waals surface area contributed by atoms with Gasteiger partial charge in [0, 0.05) is 12.0 Å². The van der Waals surface area contributed by atoms with Gasteiger partial charge in [-0.2, -0.15) is 0 Å². The monoisotopic (exact) mass is 334 g/mol. The Bertz CT molecular complexity index is 496. The summed E-state index contributed by atoms with van der Waals surface area (Å²) in [5, 5.41) is 0. The SMILES string of the molecule is CCCCCCCCCCCC(=O)Oc1ccc(C=O)cc1OC. The largest absolute Gasteiger partial charge is 0.493 e. The predicted octanol–water partition coefficient (Wildman–Crippen LogP) is 5.33. The minimum Gasteiger partial charge on any atom is -0.493 e. The van der Waals surface area contributed by atoms with E-state index < -0.39 is 0 Å². The second-order valence-electron chi connectivity index (χ2n) is 6.08. The van der Waals surface area contributed by atoms with Crippen molar-refractivity contribution in [2.24, 2.45) is 0 Å². The van der Waals surface area contributed by atoms with Crippen LogP contribution in [0, 0.1) is 0 Å². The quantitative estimate of drug-likeness (QED) is 0.212. The number of ether oxygens (including phenoxy) is 2. The van der Waals surface area contributed by atoms with Gasteiger partial charge in [-0.15, -0.1) is 0 Å². The molecule has 0 saturated carbocycles. The van der Waals surface area contributed by atoms with Crippen LogP contribution in [0.3, 0.4) is 0 Å².